The zero-order valence-electron chi connectivity index (χ0n) is 8.50. The molecule has 0 atom stereocenters. The lowest BCUT2D eigenvalue weighted by atomic mass is 10.3. The highest BCUT2D eigenvalue weighted by atomic mass is 35.5. The van der Waals surface area contributed by atoms with Crippen LogP contribution in [0.1, 0.15) is 12.7 Å². The summed E-state index contributed by atoms with van der Waals surface area (Å²) in [6.07, 6.45) is 0.745. The van der Waals surface area contributed by atoms with E-state index in [4.69, 9.17) is 35.4 Å². The maximum Gasteiger partial charge on any atom is 0.199 e. The highest BCUT2D eigenvalue weighted by Gasteiger charge is 2.13. The first-order chi connectivity index (χ1) is 7.65. The molecule has 3 nitrogen and oxygen atoms in total. The van der Waals surface area contributed by atoms with Gasteiger partial charge in [0.05, 0.1) is 15.7 Å². The number of nitrogens with zero attached hydrogens (tertiary/aromatic N) is 2. The van der Waals surface area contributed by atoms with Crippen molar-refractivity contribution in [3.8, 4) is 5.69 Å². The van der Waals surface area contributed by atoms with E-state index in [0.29, 0.717) is 20.5 Å². The van der Waals surface area contributed by atoms with E-state index in [1.165, 1.54) is 0 Å². The number of aromatic amines is 1. The van der Waals surface area contributed by atoms with Crippen LogP contribution in [0.25, 0.3) is 5.69 Å². The molecule has 6 heteroatoms. The molecule has 0 saturated carbocycles. The van der Waals surface area contributed by atoms with Crippen molar-refractivity contribution in [2.45, 2.75) is 13.3 Å². The molecule has 1 aromatic carbocycles. The third kappa shape index (κ3) is 1.88. The fourth-order valence-corrected chi connectivity index (χ4v) is 2.31. The molecule has 0 unspecified atom stereocenters. The summed E-state index contributed by atoms with van der Waals surface area (Å²) in [6, 6.07) is 5.34. The highest BCUT2D eigenvalue weighted by Crippen LogP contribution is 2.29. The lowest BCUT2D eigenvalue weighted by Crippen LogP contribution is -2.01. The van der Waals surface area contributed by atoms with Gasteiger partial charge in [0, 0.05) is 6.42 Å². The van der Waals surface area contributed by atoms with Gasteiger partial charge in [-0.3, -0.25) is 9.67 Å². The normalized spacial score (nSPS) is 10.7. The van der Waals surface area contributed by atoms with Gasteiger partial charge in [-0.1, -0.05) is 36.2 Å². The number of hydrogen-bond donors (Lipinski definition) is 1. The zero-order valence-corrected chi connectivity index (χ0v) is 10.8. The Morgan fingerprint density at radius 3 is 2.56 bits per heavy atom. The van der Waals surface area contributed by atoms with E-state index in [-0.39, 0.29) is 0 Å². The minimum atomic E-state index is 0.492. The molecule has 0 amide bonds. The van der Waals surface area contributed by atoms with Crippen molar-refractivity contribution >= 4 is 35.4 Å². The van der Waals surface area contributed by atoms with Gasteiger partial charge in [-0.25, -0.2) is 0 Å². The van der Waals surface area contributed by atoms with Crippen LogP contribution in [0, 0.1) is 4.77 Å². The molecule has 0 aliphatic rings. The van der Waals surface area contributed by atoms with Gasteiger partial charge in [0.15, 0.2) is 4.77 Å². The number of H-pyrrole nitrogens is 1. The molecule has 0 fully saturated rings. The predicted octanol–water partition coefficient (Wildman–Crippen LogP) is 3.80. The van der Waals surface area contributed by atoms with E-state index in [1.54, 1.807) is 22.8 Å². The first-order valence-electron chi connectivity index (χ1n) is 4.75. The second kappa shape index (κ2) is 4.57. The van der Waals surface area contributed by atoms with Crippen molar-refractivity contribution in [2.75, 3.05) is 0 Å². The van der Waals surface area contributed by atoms with E-state index >= 15 is 0 Å². The third-order valence-corrected chi connectivity index (χ3v) is 3.10. The van der Waals surface area contributed by atoms with Crippen LogP contribution in [0.3, 0.4) is 0 Å². The Balaban J connectivity index is 2.76. The Morgan fingerprint density at radius 2 is 2.00 bits per heavy atom. The first-order valence-corrected chi connectivity index (χ1v) is 5.92. The van der Waals surface area contributed by atoms with Gasteiger partial charge >= 0.3 is 0 Å². The Kier molecular flexibility index (Phi) is 3.33. The molecule has 1 aromatic heterocycles. The second-order valence-corrected chi connectivity index (χ2v) is 4.41. The van der Waals surface area contributed by atoms with Crippen LogP contribution in [0.4, 0.5) is 0 Å². The summed E-state index contributed by atoms with van der Waals surface area (Å²) in [6.45, 7) is 1.99. The van der Waals surface area contributed by atoms with E-state index < -0.39 is 0 Å². The third-order valence-electron chi connectivity index (χ3n) is 2.22. The smallest absolute Gasteiger partial charge is 0.199 e. The number of para-hydroxylation sites is 1. The highest BCUT2D eigenvalue weighted by molar-refractivity contribution is 7.71. The lowest BCUT2D eigenvalue weighted by molar-refractivity contribution is 0.880. The molecule has 1 heterocycles. The second-order valence-electron chi connectivity index (χ2n) is 3.20. The average molecular weight is 274 g/mol. The fourth-order valence-electron chi connectivity index (χ4n) is 1.50. The minimum Gasteiger partial charge on any atom is -0.269 e. The maximum absolute atomic E-state index is 6.13. The van der Waals surface area contributed by atoms with Gasteiger partial charge in [-0.05, 0) is 24.4 Å². The van der Waals surface area contributed by atoms with E-state index in [1.807, 2.05) is 6.92 Å². The molecule has 1 N–H and O–H groups in total. The number of nitrogens with one attached hydrogen (secondary N) is 1. The molecule has 0 spiro atoms. The summed E-state index contributed by atoms with van der Waals surface area (Å²) in [4.78, 5) is 0. The number of aromatic nitrogens is 3. The molecule has 0 aliphatic heterocycles. The number of halogens is 2. The lowest BCUT2D eigenvalue weighted by Gasteiger charge is -2.09. The Labute approximate surface area is 108 Å². The molecule has 2 rings (SSSR count). The van der Waals surface area contributed by atoms with Crippen LogP contribution in [-0.2, 0) is 6.42 Å². The van der Waals surface area contributed by atoms with Crippen molar-refractivity contribution in [3.63, 3.8) is 0 Å². The van der Waals surface area contributed by atoms with Crippen molar-refractivity contribution in [1.29, 1.82) is 0 Å². The first kappa shape index (κ1) is 11.6. The summed E-state index contributed by atoms with van der Waals surface area (Å²) in [5.74, 6) is 0.806. The molecule has 0 saturated heterocycles. The molecular formula is C10H9Cl2N3S. The van der Waals surface area contributed by atoms with Gasteiger partial charge in [0.2, 0.25) is 0 Å². The number of benzene rings is 1. The van der Waals surface area contributed by atoms with Crippen LogP contribution >= 0.6 is 35.4 Å². The van der Waals surface area contributed by atoms with Crippen LogP contribution in [0.5, 0.6) is 0 Å². The van der Waals surface area contributed by atoms with Gasteiger partial charge in [0.25, 0.3) is 0 Å². The van der Waals surface area contributed by atoms with Crippen molar-refractivity contribution < 1.29 is 0 Å². The molecule has 0 radical (unpaired) electrons. The largest absolute Gasteiger partial charge is 0.269 e. The van der Waals surface area contributed by atoms with Gasteiger partial charge in [-0.15, -0.1) is 0 Å². The SMILES string of the molecule is CCc1n[nH]c(=S)n1-c1c(Cl)cccc1Cl. The zero-order chi connectivity index (χ0) is 11.7. The Bertz CT molecular complexity index is 553. The van der Waals surface area contributed by atoms with Gasteiger partial charge in [0.1, 0.15) is 5.82 Å². The Morgan fingerprint density at radius 1 is 1.38 bits per heavy atom. The van der Waals surface area contributed by atoms with E-state index in [2.05, 4.69) is 10.2 Å². The molecule has 0 aliphatic carbocycles. The topological polar surface area (TPSA) is 33.6 Å². The predicted molar refractivity (Wildman–Crippen MR) is 68.1 cm³/mol. The van der Waals surface area contributed by atoms with Crippen LogP contribution in [-0.4, -0.2) is 14.8 Å². The molecule has 84 valence electrons. The van der Waals surface area contributed by atoms with Crippen molar-refractivity contribution in [3.05, 3.63) is 38.8 Å². The van der Waals surface area contributed by atoms with Crippen molar-refractivity contribution in [2.24, 2.45) is 0 Å². The summed E-state index contributed by atoms with van der Waals surface area (Å²) >= 11 is 17.4. The number of hydrogen-bond acceptors (Lipinski definition) is 2. The Hall–Kier alpha value is -0.840. The van der Waals surface area contributed by atoms with Crippen LogP contribution < -0.4 is 0 Å². The fraction of sp³-hybridized carbons (Fsp3) is 0.200. The molecular weight excluding hydrogens is 265 g/mol. The number of rotatable bonds is 2. The quantitative estimate of drug-likeness (QED) is 0.845. The summed E-state index contributed by atoms with van der Waals surface area (Å²) < 4.78 is 2.26. The maximum atomic E-state index is 6.13. The number of aryl methyl sites for hydroxylation is 1. The summed E-state index contributed by atoms with van der Waals surface area (Å²) in [5, 5.41) is 7.97. The van der Waals surface area contributed by atoms with E-state index in [0.717, 1.165) is 12.2 Å². The van der Waals surface area contributed by atoms with Gasteiger partial charge in [-0.2, -0.15) is 5.10 Å². The average Bonchev–Trinajstić information content (AvgIpc) is 2.60. The summed E-state index contributed by atoms with van der Waals surface area (Å²) in [5.41, 5.74) is 0.682. The van der Waals surface area contributed by atoms with Crippen molar-refractivity contribution in [1.82, 2.24) is 14.8 Å². The van der Waals surface area contributed by atoms with Crippen LogP contribution in [0.15, 0.2) is 18.2 Å². The molecule has 0 bridgehead atoms. The molecule has 2 aromatic rings. The van der Waals surface area contributed by atoms with E-state index in [9.17, 15) is 0 Å². The monoisotopic (exact) mass is 273 g/mol. The van der Waals surface area contributed by atoms with Gasteiger partial charge < -0.3 is 0 Å². The minimum absolute atomic E-state index is 0.492. The standard InChI is InChI=1S/C10H9Cl2N3S/c1-2-8-13-14-10(16)15(8)9-6(11)4-3-5-7(9)12/h3-5H,2H2,1H3,(H,14,16). The molecule has 16 heavy (non-hydrogen) atoms. The van der Waals surface area contributed by atoms with Crippen LogP contribution in [0.2, 0.25) is 10.0 Å². The summed E-state index contributed by atoms with van der Waals surface area (Å²) in [7, 11) is 0.